The zero-order chi connectivity index (χ0) is 13.7. The van der Waals surface area contributed by atoms with Crippen molar-refractivity contribution in [2.24, 2.45) is 0 Å². The molecule has 19 heavy (non-hydrogen) atoms. The summed E-state index contributed by atoms with van der Waals surface area (Å²) in [5, 5.41) is 4.24. The molecule has 1 aromatic heterocycles. The van der Waals surface area contributed by atoms with Gasteiger partial charge in [-0.3, -0.25) is 0 Å². The molecule has 5 nitrogen and oxygen atoms in total. The Morgan fingerprint density at radius 2 is 2.05 bits per heavy atom. The van der Waals surface area contributed by atoms with Crippen molar-refractivity contribution >= 4 is 29.3 Å². The molecule has 0 saturated carbocycles. The van der Waals surface area contributed by atoms with Crippen LogP contribution in [-0.4, -0.2) is 28.6 Å². The average Bonchev–Trinajstić information content (AvgIpc) is 2.41. The van der Waals surface area contributed by atoms with Crippen LogP contribution in [0.1, 0.15) is 6.92 Å². The van der Waals surface area contributed by atoms with Crippen LogP contribution in [0.2, 0.25) is 5.02 Å². The number of rotatable bonds is 5. The lowest BCUT2D eigenvalue weighted by molar-refractivity contribution is 0.373. The Kier molecular flexibility index (Phi) is 4.81. The number of methoxy groups -OCH3 is 1. The van der Waals surface area contributed by atoms with E-state index in [1.165, 1.54) is 18.9 Å². The summed E-state index contributed by atoms with van der Waals surface area (Å²) in [6.45, 7) is 2.69. The Balaban J connectivity index is 2.29. The number of nitrogens with zero attached hydrogens (tertiary/aromatic N) is 3. The largest absolute Gasteiger partial charge is 0.467 e. The molecular weight excluding hydrogens is 284 g/mol. The normalized spacial score (nSPS) is 10.3. The van der Waals surface area contributed by atoms with Crippen molar-refractivity contribution in [2.75, 3.05) is 19.0 Å². The maximum atomic E-state index is 6.11. The summed E-state index contributed by atoms with van der Waals surface area (Å²) in [4.78, 5) is 13.5. The smallest absolute Gasteiger partial charge is 0.321 e. The lowest BCUT2D eigenvalue weighted by Crippen LogP contribution is -2.05. The van der Waals surface area contributed by atoms with E-state index in [1.807, 2.05) is 31.2 Å². The molecule has 1 aromatic carbocycles. The molecule has 0 fully saturated rings. The van der Waals surface area contributed by atoms with Crippen molar-refractivity contribution < 1.29 is 4.74 Å². The first-order valence-electron chi connectivity index (χ1n) is 5.69. The fraction of sp³-hybridized carbons (Fsp3) is 0.250. The minimum Gasteiger partial charge on any atom is -0.467 e. The molecule has 0 aliphatic heterocycles. The van der Waals surface area contributed by atoms with Crippen molar-refractivity contribution in [1.82, 2.24) is 15.0 Å². The van der Waals surface area contributed by atoms with Gasteiger partial charge in [-0.15, -0.1) is 0 Å². The predicted molar refractivity (Wildman–Crippen MR) is 76.1 cm³/mol. The molecule has 0 radical (unpaired) electrons. The quantitative estimate of drug-likeness (QED) is 0.915. The second-order valence-corrected chi connectivity index (χ2v) is 4.91. The molecule has 1 heterocycles. The molecule has 0 aliphatic carbocycles. The fourth-order valence-electron chi connectivity index (χ4n) is 1.34. The maximum Gasteiger partial charge on any atom is 0.321 e. The first-order valence-corrected chi connectivity index (χ1v) is 6.88. The van der Waals surface area contributed by atoms with Crippen LogP contribution in [-0.2, 0) is 0 Å². The highest BCUT2D eigenvalue weighted by Crippen LogP contribution is 2.31. The third-order valence-corrected chi connectivity index (χ3v) is 3.53. The third-order valence-electron chi connectivity index (χ3n) is 2.15. The van der Waals surface area contributed by atoms with Crippen molar-refractivity contribution in [2.45, 2.75) is 17.0 Å². The minimum atomic E-state index is 0.278. The molecule has 7 heteroatoms. The van der Waals surface area contributed by atoms with Crippen LogP contribution in [0.4, 0.5) is 5.95 Å². The highest BCUT2D eigenvalue weighted by Gasteiger charge is 2.09. The zero-order valence-corrected chi connectivity index (χ0v) is 12.1. The van der Waals surface area contributed by atoms with Gasteiger partial charge in [-0.2, -0.15) is 15.0 Å². The monoisotopic (exact) mass is 296 g/mol. The van der Waals surface area contributed by atoms with Crippen LogP contribution in [0, 0.1) is 0 Å². The molecule has 0 aliphatic rings. The van der Waals surface area contributed by atoms with Crippen LogP contribution in [0.25, 0.3) is 0 Å². The molecule has 0 saturated heterocycles. The van der Waals surface area contributed by atoms with Gasteiger partial charge in [-0.05, 0) is 30.8 Å². The van der Waals surface area contributed by atoms with E-state index >= 15 is 0 Å². The van der Waals surface area contributed by atoms with Gasteiger partial charge in [-0.25, -0.2) is 0 Å². The Bertz CT molecular complexity index is 567. The number of benzene rings is 1. The molecule has 0 unspecified atom stereocenters. The number of hydrogen-bond acceptors (Lipinski definition) is 6. The van der Waals surface area contributed by atoms with Crippen LogP contribution >= 0.6 is 23.4 Å². The van der Waals surface area contributed by atoms with Gasteiger partial charge >= 0.3 is 6.01 Å². The van der Waals surface area contributed by atoms with Gasteiger partial charge in [0, 0.05) is 11.4 Å². The first-order chi connectivity index (χ1) is 9.22. The fourth-order valence-corrected chi connectivity index (χ4v) is 2.35. The van der Waals surface area contributed by atoms with E-state index in [1.54, 1.807) is 0 Å². The summed E-state index contributed by atoms with van der Waals surface area (Å²) in [7, 11) is 1.52. The molecule has 2 rings (SSSR count). The molecule has 0 amide bonds. The van der Waals surface area contributed by atoms with E-state index in [2.05, 4.69) is 20.3 Å². The van der Waals surface area contributed by atoms with Crippen molar-refractivity contribution in [3.05, 3.63) is 29.3 Å². The van der Waals surface area contributed by atoms with Gasteiger partial charge in [0.15, 0.2) is 0 Å². The molecular formula is C12H13ClN4OS. The van der Waals surface area contributed by atoms with Gasteiger partial charge in [0.2, 0.25) is 11.1 Å². The number of nitrogens with one attached hydrogen (secondary N) is 1. The summed E-state index contributed by atoms with van der Waals surface area (Å²) < 4.78 is 5.06. The number of hydrogen-bond donors (Lipinski definition) is 1. The van der Waals surface area contributed by atoms with Crippen LogP contribution in [0.15, 0.2) is 34.3 Å². The first kappa shape index (κ1) is 13.9. The summed E-state index contributed by atoms with van der Waals surface area (Å²) in [6.07, 6.45) is 0. The topological polar surface area (TPSA) is 59.9 Å². The summed E-state index contributed by atoms with van der Waals surface area (Å²) in [5.41, 5.74) is 0. The van der Waals surface area contributed by atoms with E-state index in [9.17, 15) is 0 Å². The molecule has 1 N–H and O–H groups in total. The number of aromatic nitrogens is 3. The van der Waals surface area contributed by atoms with Crippen LogP contribution in [0.5, 0.6) is 6.01 Å². The summed E-state index contributed by atoms with van der Waals surface area (Å²) >= 11 is 7.48. The van der Waals surface area contributed by atoms with E-state index in [0.29, 0.717) is 16.1 Å². The Hall–Kier alpha value is -1.53. The lowest BCUT2D eigenvalue weighted by atomic mass is 10.4. The molecule has 0 spiro atoms. The van der Waals surface area contributed by atoms with Crippen molar-refractivity contribution in [3.63, 3.8) is 0 Å². The minimum absolute atomic E-state index is 0.278. The standard InChI is InChI=1S/C12H13ClN4OS/c1-3-14-10-15-11(18-2)17-12(16-10)19-9-7-5-4-6-8(9)13/h4-7H,3H2,1-2H3,(H,14,15,16,17). The van der Waals surface area contributed by atoms with Gasteiger partial charge in [0.25, 0.3) is 0 Å². The molecule has 0 atom stereocenters. The SMILES string of the molecule is CCNc1nc(OC)nc(Sc2ccccc2Cl)n1. The summed E-state index contributed by atoms with van der Waals surface area (Å²) in [6, 6.07) is 7.81. The van der Waals surface area contributed by atoms with E-state index in [4.69, 9.17) is 16.3 Å². The Morgan fingerprint density at radius 3 is 2.74 bits per heavy atom. The van der Waals surface area contributed by atoms with Gasteiger partial charge in [0.05, 0.1) is 12.1 Å². The number of anilines is 1. The van der Waals surface area contributed by atoms with Gasteiger partial charge in [0.1, 0.15) is 0 Å². The number of halogens is 1. The maximum absolute atomic E-state index is 6.11. The Labute approximate surface area is 120 Å². The zero-order valence-electron chi connectivity index (χ0n) is 10.6. The van der Waals surface area contributed by atoms with E-state index in [-0.39, 0.29) is 6.01 Å². The van der Waals surface area contributed by atoms with E-state index < -0.39 is 0 Å². The highest BCUT2D eigenvalue weighted by molar-refractivity contribution is 7.99. The average molecular weight is 297 g/mol. The van der Waals surface area contributed by atoms with E-state index in [0.717, 1.165) is 11.4 Å². The van der Waals surface area contributed by atoms with Gasteiger partial charge in [-0.1, -0.05) is 23.7 Å². The van der Waals surface area contributed by atoms with Crippen LogP contribution < -0.4 is 10.1 Å². The highest BCUT2D eigenvalue weighted by atomic mass is 35.5. The molecule has 2 aromatic rings. The number of ether oxygens (including phenoxy) is 1. The van der Waals surface area contributed by atoms with Gasteiger partial charge < -0.3 is 10.1 Å². The second-order valence-electron chi connectivity index (χ2n) is 3.49. The summed E-state index contributed by atoms with van der Waals surface area (Å²) in [5.74, 6) is 0.490. The molecule has 0 bridgehead atoms. The Morgan fingerprint density at radius 1 is 1.26 bits per heavy atom. The van der Waals surface area contributed by atoms with Crippen molar-refractivity contribution in [1.29, 1.82) is 0 Å². The predicted octanol–water partition coefficient (Wildman–Crippen LogP) is 3.12. The third kappa shape index (κ3) is 3.71. The molecule has 100 valence electrons. The lowest BCUT2D eigenvalue weighted by Gasteiger charge is -2.07. The van der Waals surface area contributed by atoms with Crippen LogP contribution in [0.3, 0.4) is 0 Å². The van der Waals surface area contributed by atoms with Crippen molar-refractivity contribution in [3.8, 4) is 6.01 Å². The second kappa shape index (κ2) is 6.58.